The monoisotopic (exact) mass is 316 g/mol. The van der Waals surface area contributed by atoms with Crippen LogP contribution in [0, 0.1) is 17.8 Å². The van der Waals surface area contributed by atoms with E-state index in [1.807, 2.05) is 18.2 Å². The summed E-state index contributed by atoms with van der Waals surface area (Å²) in [5.41, 5.74) is 1.08. The number of allylic oxidation sites excluding steroid dienone is 2. The Hall–Kier alpha value is -0.990. The molecule has 3 aliphatic rings. The van der Waals surface area contributed by atoms with Gasteiger partial charge in [0, 0.05) is 25.7 Å². The predicted molar refractivity (Wildman–Crippen MR) is 93.4 cm³/mol. The van der Waals surface area contributed by atoms with E-state index in [1.165, 1.54) is 45.3 Å². The molecule has 1 saturated heterocycles. The van der Waals surface area contributed by atoms with Crippen LogP contribution in [-0.4, -0.2) is 30.6 Å². The zero-order valence-corrected chi connectivity index (χ0v) is 13.8. The number of hydrogen-bond acceptors (Lipinski definition) is 2. The van der Waals surface area contributed by atoms with Crippen LogP contribution in [0.25, 0.3) is 0 Å². The van der Waals surface area contributed by atoms with Gasteiger partial charge >= 0.3 is 0 Å². The highest BCUT2D eigenvalue weighted by Crippen LogP contribution is 2.43. The first-order chi connectivity index (χ1) is 10.8. The molecule has 0 amide bonds. The molecule has 22 heavy (non-hydrogen) atoms. The molecule has 3 heteroatoms. The van der Waals surface area contributed by atoms with Gasteiger partial charge in [-0.25, -0.2) is 0 Å². The van der Waals surface area contributed by atoms with Crippen LogP contribution in [0.3, 0.4) is 0 Å². The minimum absolute atomic E-state index is 0.566. The molecule has 1 N–H and O–H groups in total. The van der Waals surface area contributed by atoms with Crippen LogP contribution in [0.1, 0.15) is 25.7 Å². The Morgan fingerprint density at radius 1 is 1.09 bits per heavy atom. The highest BCUT2D eigenvalue weighted by molar-refractivity contribution is 6.33. The summed E-state index contributed by atoms with van der Waals surface area (Å²) >= 11 is 6.24. The number of halogens is 1. The second kappa shape index (κ2) is 6.25. The van der Waals surface area contributed by atoms with E-state index in [-0.39, 0.29) is 0 Å². The van der Waals surface area contributed by atoms with E-state index in [1.54, 1.807) is 0 Å². The van der Waals surface area contributed by atoms with Crippen molar-refractivity contribution in [1.82, 2.24) is 4.90 Å². The quantitative estimate of drug-likeness (QED) is 0.827. The lowest BCUT2D eigenvalue weighted by Crippen LogP contribution is -2.41. The van der Waals surface area contributed by atoms with Crippen LogP contribution in [0.5, 0.6) is 0 Å². The summed E-state index contributed by atoms with van der Waals surface area (Å²) in [7, 11) is 0. The van der Waals surface area contributed by atoms with Gasteiger partial charge in [0.05, 0.1) is 10.7 Å². The third kappa shape index (κ3) is 3.04. The van der Waals surface area contributed by atoms with E-state index in [2.05, 4.69) is 28.4 Å². The van der Waals surface area contributed by atoms with E-state index >= 15 is 0 Å². The molecular formula is C19H25ClN2. The van der Waals surface area contributed by atoms with Crippen molar-refractivity contribution in [3.05, 3.63) is 41.4 Å². The van der Waals surface area contributed by atoms with Gasteiger partial charge in [-0.1, -0.05) is 35.9 Å². The topological polar surface area (TPSA) is 15.3 Å². The summed E-state index contributed by atoms with van der Waals surface area (Å²) in [5, 5.41) is 4.45. The van der Waals surface area contributed by atoms with Crippen LogP contribution in [-0.2, 0) is 0 Å². The maximum atomic E-state index is 6.24. The van der Waals surface area contributed by atoms with Crippen molar-refractivity contribution < 1.29 is 0 Å². The normalized spacial score (nSPS) is 31.8. The number of likely N-dealkylation sites (tertiary alicyclic amines) is 1. The Labute approximate surface area is 138 Å². The molecule has 0 aromatic heterocycles. The summed E-state index contributed by atoms with van der Waals surface area (Å²) in [4.78, 5) is 2.68. The standard InChI is InChI=1S/C19H25ClN2/c20-18-3-1-2-4-19(18)21-17-7-9-22(10-8-17)13-16-12-14-5-6-15(16)11-14/h1-6,14-17,21H,7-13H2/t14-,15-,16-/m0/s1. The van der Waals surface area contributed by atoms with Gasteiger partial charge < -0.3 is 10.2 Å². The second-order valence-corrected chi connectivity index (χ2v) is 7.65. The summed E-state index contributed by atoms with van der Waals surface area (Å²) in [5.74, 6) is 2.70. The zero-order valence-electron chi connectivity index (χ0n) is 13.0. The molecule has 1 aromatic rings. The molecule has 1 saturated carbocycles. The van der Waals surface area contributed by atoms with Crippen molar-refractivity contribution in [2.45, 2.75) is 31.7 Å². The van der Waals surface area contributed by atoms with Crippen molar-refractivity contribution in [2.75, 3.05) is 25.0 Å². The Morgan fingerprint density at radius 2 is 1.91 bits per heavy atom. The maximum absolute atomic E-state index is 6.24. The van der Waals surface area contributed by atoms with Gasteiger partial charge in [0.25, 0.3) is 0 Å². The van der Waals surface area contributed by atoms with Crippen molar-refractivity contribution in [2.24, 2.45) is 17.8 Å². The third-order valence-electron chi connectivity index (χ3n) is 5.73. The average Bonchev–Trinajstić information content (AvgIpc) is 3.14. The van der Waals surface area contributed by atoms with Crippen LogP contribution in [0.15, 0.2) is 36.4 Å². The van der Waals surface area contributed by atoms with E-state index in [0.717, 1.165) is 28.5 Å². The second-order valence-electron chi connectivity index (χ2n) is 7.24. The van der Waals surface area contributed by atoms with E-state index < -0.39 is 0 Å². The minimum atomic E-state index is 0.566. The maximum Gasteiger partial charge on any atom is 0.0637 e. The van der Waals surface area contributed by atoms with E-state index in [4.69, 9.17) is 11.6 Å². The van der Waals surface area contributed by atoms with Crippen molar-refractivity contribution in [3.8, 4) is 0 Å². The average molecular weight is 317 g/mol. The number of hydrogen-bond donors (Lipinski definition) is 1. The van der Waals surface area contributed by atoms with E-state index in [0.29, 0.717) is 6.04 Å². The van der Waals surface area contributed by atoms with Gasteiger partial charge in [-0.2, -0.15) is 0 Å². The molecule has 1 heterocycles. The predicted octanol–water partition coefficient (Wildman–Crippen LogP) is 4.43. The summed E-state index contributed by atoms with van der Waals surface area (Å²) in [6.45, 7) is 3.75. The Bertz CT molecular complexity index is 548. The van der Waals surface area contributed by atoms with Crippen LogP contribution in [0.2, 0.25) is 5.02 Å². The van der Waals surface area contributed by atoms with Gasteiger partial charge in [-0.05, 0) is 55.6 Å². The molecular weight excluding hydrogens is 292 g/mol. The smallest absolute Gasteiger partial charge is 0.0637 e. The van der Waals surface area contributed by atoms with Gasteiger partial charge in [0.2, 0.25) is 0 Å². The first-order valence-corrected chi connectivity index (χ1v) is 9.07. The molecule has 2 aliphatic carbocycles. The summed E-state index contributed by atoms with van der Waals surface area (Å²) < 4.78 is 0. The number of nitrogens with zero attached hydrogens (tertiary/aromatic N) is 1. The molecule has 0 radical (unpaired) electrons. The lowest BCUT2D eigenvalue weighted by molar-refractivity contribution is 0.177. The molecule has 2 fully saturated rings. The molecule has 1 aromatic carbocycles. The van der Waals surface area contributed by atoms with Crippen molar-refractivity contribution in [3.63, 3.8) is 0 Å². The summed E-state index contributed by atoms with van der Waals surface area (Å²) in [6, 6.07) is 8.64. The molecule has 3 atom stereocenters. The molecule has 0 spiro atoms. The van der Waals surface area contributed by atoms with Gasteiger partial charge in [0.15, 0.2) is 0 Å². The fraction of sp³-hybridized carbons (Fsp3) is 0.579. The van der Waals surface area contributed by atoms with Crippen LogP contribution in [0.4, 0.5) is 5.69 Å². The lowest BCUT2D eigenvalue weighted by Gasteiger charge is -2.35. The SMILES string of the molecule is Clc1ccccc1NC1CCN(C[C@@H]2C[C@H]3C=C[C@H]2C3)CC1. The molecule has 118 valence electrons. The van der Waals surface area contributed by atoms with Crippen LogP contribution >= 0.6 is 11.6 Å². The molecule has 4 rings (SSSR count). The minimum Gasteiger partial charge on any atom is -0.381 e. The zero-order chi connectivity index (χ0) is 14.9. The Morgan fingerprint density at radius 3 is 2.59 bits per heavy atom. The fourth-order valence-corrected chi connectivity index (χ4v) is 4.68. The van der Waals surface area contributed by atoms with Crippen molar-refractivity contribution >= 4 is 17.3 Å². The number of fused-ring (bicyclic) bond motifs is 2. The van der Waals surface area contributed by atoms with Gasteiger partial charge in [-0.3, -0.25) is 0 Å². The number of rotatable bonds is 4. The Balaban J connectivity index is 1.26. The molecule has 2 bridgehead atoms. The van der Waals surface area contributed by atoms with Gasteiger partial charge in [-0.15, -0.1) is 0 Å². The number of para-hydroxylation sites is 1. The van der Waals surface area contributed by atoms with Crippen molar-refractivity contribution in [1.29, 1.82) is 0 Å². The number of nitrogens with one attached hydrogen (secondary N) is 1. The first kappa shape index (κ1) is 14.6. The highest BCUT2D eigenvalue weighted by Gasteiger charge is 2.36. The van der Waals surface area contributed by atoms with Crippen LogP contribution < -0.4 is 5.32 Å². The molecule has 2 nitrogen and oxygen atoms in total. The number of piperidine rings is 1. The fourth-order valence-electron chi connectivity index (χ4n) is 4.49. The highest BCUT2D eigenvalue weighted by atomic mass is 35.5. The summed E-state index contributed by atoms with van der Waals surface area (Å²) in [6.07, 6.45) is 10.2. The Kier molecular flexibility index (Phi) is 4.15. The number of anilines is 1. The lowest BCUT2D eigenvalue weighted by atomic mass is 9.92. The number of benzene rings is 1. The van der Waals surface area contributed by atoms with E-state index in [9.17, 15) is 0 Å². The van der Waals surface area contributed by atoms with Gasteiger partial charge in [0.1, 0.15) is 0 Å². The molecule has 1 aliphatic heterocycles. The first-order valence-electron chi connectivity index (χ1n) is 8.69. The largest absolute Gasteiger partial charge is 0.381 e. The molecule has 0 unspecified atom stereocenters. The third-order valence-corrected chi connectivity index (χ3v) is 6.06.